The molecule has 0 saturated heterocycles. The van der Waals surface area contributed by atoms with E-state index in [9.17, 15) is 9.59 Å². The number of nitrogens with zero attached hydrogens (tertiary/aromatic N) is 4. The molecule has 0 aliphatic rings. The van der Waals surface area contributed by atoms with Gasteiger partial charge in [0.1, 0.15) is 33.6 Å². The van der Waals surface area contributed by atoms with Crippen LogP contribution in [-0.4, -0.2) is 29.4 Å². The van der Waals surface area contributed by atoms with Gasteiger partial charge >= 0.3 is 11.9 Å². The van der Waals surface area contributed by atoms with Crippen LogP contribution in [0, 0.1) is 11.8 Å². The molecule has 0 spiro atoms. The maximum atomic E-state index is 14.9. The molecule has 0 fully saturated rings. The number of benzene rings is 3. The third-order valence-electron chi connectivity index (χ3n) is 23.3. The van der Waals surface area contributed by atoms with E-state index in [4.69, 9.17) is 27.0 Å². The van der Waals surface area contributed by atoms with E-state index in [0.29, 0.717) is 68.8 Å². The molecule has 4 aromatic heterocycles. The summed E-state index contributed by atoms with van der Waals surface area (Å²) in [5.41, 5.74) is 7.40. The summed E-state index contributed by atoms with van der Waals surface area (Å²) in [4.78, 5) is 32.0. The maximum Gasteiger partial charge on any atom is 0.311 e. The maximum absolute atomic E-state index is 14.9. The average Bonchev–Trinajstić information content (AvgIpc) is 1.46. The molecule has 0 N–H and O–H groups in total. The van der Waals surface area contributed by atoms with Crippen molar-refractivity contribution >= 4 is 134 Å². The van der Waals surface area contributed by atoms with Crippen LogP contribution in [0.25, 0.3) is 64.5 Å². The second kappa shape index (κ2) is 57.2. The smallest absolute Gasteiger partial charge is 0.311 e. The monoisotopic (exact) mass is 1680 g/mol. The first kappa shape index (κ1) is 92.3. The lowest BCUT2D eigenvalue weighted by atomic mass is 9.89. The van der Waals surface area contributed by atoms with Crippen LogP contribution >= 0.6 is 78.0 Å². The summed E-state index contributed by atoms with van der Waals surface area (Å²) in [5, 5.41) is 2.65. The van der Waals surface area contributed by atoms with Gasteiger partial charge in [0.15, 0.2) is 0 Å². The minimum atomic E-state index is -0.272. The van der Waals surface area contributed by atoms with E-state index in [1.165, 1.54) is 368 Å². The molecule has 14 heteroatoms. The highest BCUT2D eigenvalue weighted by Crippen LogP contribution is 2.53. The zero-order chi connectivity index (χ0) is 76.4. The Morgan fingerprint density at radius 2 is 0.546 bits per heavy atom. The average molecular weight is 1690 g/mol. The lowest BCUT2D eigenvalue weighted by Gasteiger charge is -2.19. The summed E-state index contributed by atoms with van der Waals surface area (Å²) in [6.45, 7) is 13.8. The van der Waals surface area contributed by atoms with Crippen molar-refractivity contribution in [1.29, 1.82) is 0 Å². The van der Waals surface area contributed by atoms with Gasteiger partial charge in [-0.3, -0.25) is 9.59 Å². The Balaban J connectivity index is 1.29. The summed E-state index contributed by atoms with van der Waals surface area (Å²) in [7, 11) is 0. The van der Waals surface area contributed by atoms with Crippen LogP contribution < -0.4 is 9.47 Å². The first-order chi connectivity index (χ1) is 53.1. The van der Waals surface area contributed by atoms with Gasteiger partial charge in [-0.25, -0.2) is 0 Å². The lowest BCUT2D eigenvalue weighted by Crippen LogP contribution is -2.11. The van der Waals surface area contributed by atoms with Crippen LogP contribution in [0.15, 0.2) is 31.8 Å². The fourth-order valence-electron chi connectivity index (χ4n) is 16.7. The summed E-state index contributed by atoms with van der Waals surface area (Å²) >= 11 is 14.3. The van der Waals surface area contributed by atoms with Crippen molar-refractivity contribution in [2.45, 2.75) is 440 Å². The molecule has 0 aliphatic heterocycles. The molecule has 0 bridgehead atoms. The number of hydrogen-bond donors (Lipinski definition) is 0. The zero-order valence-corrected chi connectivity index (χ0v) is 75.6. The minimum Gasteiger partial charge on any atom is -0.425 e. The van der Waals surface area contributed by atoms with Crippen LogP contribution in [0.2, 0.25) is 0 Å². The molecule has 606 valence electrons. The van der Waals surface area contributed by atoms with Gasteiger partial charge < -0.3 is 9.47 Å². The number of rotatable bonds is 68. The van der Waals surface area contributed by atoms with Gasteiger partial charge in [0.2, 0.25) is 0 Å². The Labute approximate surface area is 691 Å². The zero-order valence-electron chi connectivity index (χ0n) is 69.1. The molecule has 0 saturated carbocycles. The largest absolute Gasteiger partial charge is 0.425 e. The number of esters is 2. The van der Waals surface area contributed by atoms with Gasteiger partial charge in [0.05, 0.1) is 41.8 Å². The Hall–Kier alpha value is -2.88. The topological polar surface area (TPSA) is 104 Å². The molecule has 108 heavy (non-hydrogen) atoms. The second-order valence-electron chi connectivity index (χ2n) is 32.8. The van der Waals surface area contributed by atoms with Crippen molar-refractivity contribution in [3.63, 3.8) is 0 Å². The molecule has 2 unspecified atom stereocenters. The quantitative estimate of drug-likeness (QED) is 0.0161. The second-order valence-corrected chi connectivity index (χ2v) is 38.6. The number of carbonyl (C=O) groups excluding carboxylic acids is 2. The summed E-state index contributed by atoms with van der Waals surface area (Å²) in [6, 6.07) is 9.19. The van der Waals surface area contributed by atoms with Crippen LogP contribution in [0.1, 0.15) is 438 Å². The number of ether oxygens (including phenoxy) is 2. The van der Waals surface area contributed by atoms with Gasteiger partial charge in [-0.05, 0) is 105 Å². The van der Waals surface area contributed by atoms with Crippen molar-refractivity contribution in [1.82, 2.24) is 17.5 Å². The first-order valence-electron chi connectivity index (χ1n) is 45.5. The molecular formula is C94H148Br2N4O4S4. The Kier molecular flexibility index (Phi) is 48.9. The lowest BCUT2D eigenvalue weighted by molar-refractivity contribution is -0.135. The van der Waals surface area contributed by atoms with Gasteiger partial charge in [-0.15, -0.1) is 22.7 Å². The first-order valence-corrected chi connectivity index (χ1v) is 50.1. The van der Waals surface area contributed by atoms with Gasteiger partial charge in [0, 0.05) is 44.5 Å². The van der Waals surface area contributed by atoms with Crippen LogP contribution in [-0.2, 0) is 22.4 Å². The molecule has 7 rings (SSSR count). The van der Waals surface area contributed by atoms with Gasteiger partial charge in [-0.2, -0.15) is 17.5 Å². The normalized spacial score (nSPS) is 12.5. The number of thiophene rings is 2. The Bertz CT molecular complexity index is 3310. The highest BCUT2D eigenvalue weighted by Gasteiger charge is 2.31. The predicted molar refractivity (Wildman–Crippen MR) is 482 cm³/mol. The fourth-order valence-corrected chi connectivity index (χ4v) is 21.3. The van der Waals surface area contributed by atoms with Crippen molar-refractivity contribution < 1.29 is 19.1 Å². The molecule has 2 atom stereocenters. The van der Waals surface area contributed by atoms with E-state index < -0.39 is 0 Å². The number of carbonyl (C=O) groups is 2. The van der Waals surface area contributed by atoms with Crippen LogP contribution in [0.4, 0.5) is 0 Å². The molecule has 0 radical (unpaired) electrons. The summed E-state index contributed by atoms with van der Waals surface area (Å²) in [6.07, 6.45) is 76.8. The van der Waals surface area contributed by atoms with Crippen LogP contribution in [0.5, 0.6) is 11.5 Å². The third-order valence-corrected chi connectivity index (χ3v) is 28.4. The summed E-state index contributed by atoms with van der Waals surface area (Å²) in [5.74, 6) is 1.53. The summed E-state index contributed by atoms with van der Waals surface area (Å²) < 4.78 is 37.1. The van der Waals surface area contributed by atoms with E-state index in [2.05, 4.69) is 97.7 Å². The van der Waals surface area contributed by atoms with Crippen molar-refractivity contribution in [2.75, 3.05) is 0 Å². The third kappa shape index (κ3) is 33.5. The van der Waals surface area contributed by atoms with E-state index in [1.54, 1.807) is 22.7 Å². The van der Waals surface area contributed by atoms with E-state index in [-0.39, 0.29) is 11.9 Å². The van der Waals surface area contributed by atoms with Gasteiger partial charge in [0.25, 0.3) is 0 Å². The number of halogens is 2. The molecule has 0 aliphatic carbocycles. The molecule has 3 aromatic carbocycles. The number of fused-ring (bicyclic) bond motifs is 6. The SMILES string of the molecule is CCCCCCCCCCCCC(CCCCCCCCCC)Cc1cc(-c2cc3c(OC(=O)CCCCCCCCCCC)c4c(cc(-c5cc(CC(CCCCCCCCCC)CCCCCCCCCCCC)c(Br)s5)c5nsnc54)c(OC(=O)CCCCCCCCCCC)c3c3nsnc23)sc1Br. The minimum absolute atomic E-state index is 0.272. The molecular weight excluding hydrogens is 1540 g/mol. The molecule has 7 aromatic rings. The Morgan fingerprint density at radius 3 is 0.806 bits per heavy atom. The highest BCUT2D eigenvalue weighted by atomic mass is 79.9. The van der Waals surface area contributed by atoms with E-state index >= 15 is 0 Å². The van der Waals surface area contributed by atoms with E-state index in [0.717, 1.165) is 90.9 Å². The fraction of sp³-hybridized carbons (Fsp3) is 0.745. The van der Waals surface area contributed by atoms with Crippen LogP contribution in [0.3, 0.4) is 0 Å². The molecule has 8 nitrogen and oxygen atoms in total. The number of hydrogen-bond acceptors (Lipinski definition) is 12. The standard InChI is InChI=1S/C94H148Br2N4O4S4/c1-7-13-19-25-31-37-41-45-51-57-63-73(61-55-49-43-35-29-23-17-11-5)67-75-69-81(105-93(75)95)77-71-79-85(89-87(77)97-107-99-89)92(104-84(102)66-60-54-48-40-34-28-22-16-10-4)80-72-78(88-90(100-108-98-88)86(80)91(79)103-83(101)65-59-53-47-39-33-27-21-15-9-3)82-70-76(94(96)106-82)68-74(62-56-50-44-36-30-24-18-12-6)64-58-52-46-42-38-32-26-20-14-8-2/h69-74H,7-68H2,1-6H3. The number of unbranched alkanes of at least 4 members (excludes halogenated alkanes) is 48. The number of aromatic nitrogens is 4. The van der Waals surface area contributed by atoms with Gasteiger partial charge in [-0.1, -0.05) is 401 Å². The Morgan fingerprint density at radius 1 is 0.315 bits per heavy atom. The van der Waals surface area contributed by atoms with E-state index in [1.807, 2.05) is 0 Å². The molecule has 0 amide bonds. The highest BCUT2D eigenvalue weighted by molar-refractivity contribution is 9.11. The van der Waals surface area contributed by atoms with Crippen molar-refractivity contribution in [3.05, 3.63) is 43.0 Å². The van der Waals surface area contributed by atoms with Crippen molar-refractivity contribution in [3.8, 4) is 32.4 Å². The van der Waals surface area contributed by atoms with Crippen molar-refractivity contribution in [2.24, 2.45) is 11.8 Å². The predicted octanol–water partition coefficient (Wildman–Crippen LogP) is 34.6. The molecule has 4 heterocycles.